The Hall–Kier alpha value is -1.55. The molecule has 0 saturated heterocycles. The number of carbonyl (C=O) groups is 2. The summed E-state index contributed by atoms with van der Waals surface area (Å²) < 4.78 is 10.2. The molecule has 0 saturated carbocycles. The molecule has 0 spiro atoms. The summed E-state index contributed by atoms with van der Waals surface area (Å²) in [6.45, 7) is 5.76. The van der Waals surface area contributed by atoms with E-state index in [4.69, 9.17) is 21.1 Å². The van der Waals surface area contributed by atoms with Crippen LogP contribution in [0.25, 0.3) is 0 Å². The molecular weight excluding hydrogens is 280 g/mol. The molecule has 0 aromatic heterocycles. The smallest absolute Gasteiger partial charge is 0.306 e. The normalized spacial score (nSPS) is 10.2. The van der Waals surface area contributed by atoms with Gasteiger partial charge in [0, 0.05) is 11.4 Å². The van der Waals surface area contributed by atoms with Crippen LogP contribution < -0.4 is 4.74 Å². The molecule has 0 amide bonds. The number of aryl methyl sites for hydroxylation is 2. The molecule has 0 atom stereocenters. The van der Waals surface area contributed by atoms with Crippen LogP contribution in [0.15, 0.2) is 12.1 Å². The molecule has 1 aromatic carbocycles. The summed E-state index contributed by atoms with van der Waals surface area (Å²) >= 11 is 6.05. The van der Waals surface area contributed by atoms with E-state index < -0.39 is 0 Å². The van der Waals surface area contributed by atoms with Crippen molar-refractivity contribution in [3.05, 3.63) is 28.3 Å². The molecule has 0 N–H and O–H groups in total. The molecule has 0 unspecified atom stereocenters. The quantitative estimate of drug-likeness (QED) is 0.725. The predicted octanol–water partition coefficient (Wildman–Crippen LogP) is 3.25. The van der Waals surface area contributed by atoms with Crippen LogP contribution >= 0.6 is 11.6 Å². The lowest BCUT2D eigenvalue weighted by molar-refractivity contribution is -0.144. The average Bonchev–Trinajstić information content (AvgIpc) is 2.40. The summed E-state index contributed by atoms with van der Waals surface area (Å²) in [5.74, 6) is 0.108. The molecule has 0 fully saturated rings. The Morgan fingerprint density at radius 2 is 1.75 bits per heavy atom. The molecule has 0 aliphatic rings. The maximum Gasteiger partial charge on any atom is 0.306 e. The Labute approximate surface area is 124 Å². The Balaban J connectivity index is 2.43. The number of ether oxygens (including phenoxy) is 2. The van der Waals surface area contributed by atoms with E-state index in [9.17, 15) is 9.59 Å². The third-order valence-electron chi connectivity index (χ3n) is 2.72. The van der Waals surface area contributed by atoms with E-state index in [1.165, 1.54) is 0 Å². The van der Waals surface area contributed by atoms with Crippen LogP contribution in [-0.4, -0.2) is 25.0 Å². The molecule has 20 heavy (non-hydrogen) atoms. The highest BCUT2D eigenvalue weighted by Crippen LogP contribution is 2.25. The summed E-state index contributed by atoms with van der Waals surface area (Å²) in [6.07, 6.45) is 0.221. The van der Waals surface area contributed by atoms with Crippen molar-refractivity contribution in [1.82, 2.24) is 0 Å². The molecule has 0 bridgehead atoms. The van der Waals surface area contributed by atoms with E-state index in [1.54, 1.807) is 19.1 Å². The topological polar surface area (TPSA) is 52.6 Å². The Kier molecular flexibility index (Phi) is 6.52. The summed E-state index contributed by atoms with van der Waals surface area (Å²) in [7, 11) is 0. The van der Waals surface area contributed by atoms with Crippen molar-refractivity contribution >= 4 is 23.4 Å². The van der Waals surface area contributed by atoms with Crippen LogP contribution in [0.1, 0.15) is 30.9 Å². The predicted molar refractivity (Wildman–Crippen MR) is 77.3 cm³/mol. The van der Waals surface area contributed by atoms with Gasteiger partial charge in [-0.25, -0.2) is 0 Å². The van der Waals surface area contributed by atoms with Crippen LogP contribution in [0, 0.1) is 13.8 Å². The number of halogens is 1. The van der Waals surface area contributed by atoms with Crippen molar-refractivity contribution in [3.63, 3.8) is 0 Å². The van der Waals surface area contributed by atoms with Gasteiger partial charge in [0.05, 0.1) is 13.0 Å². The lowest BCUT2D eigenvalue weighted by Crippen LogP contribution is -2.14. The molecular formula is C15H19ClO4. The standard InChI is InChI=1S/C15H19ClO4/c1-4-19-14(18)6-5-12(17)9-20-13-7-10(2)15(16)11(3)8-13/h7-8H,4-6,9H2,1-3H3. The van der Waals surface area contributed by atoms with Crippen molar-refractivity contribution in [2.75, 3.05) is 13.2 Å². The monoisotopic (exact) mass is 298 g/mol. The van der Waals surface area contributed by atoms with Gasteiger partial charge in [0.2, 0.25) is 0 Å². The maximum absolute atomic E-state index is 11.6. The van der Waals surface area contributed by atoms with Gasteiger partial charge in [0.25, 0.3) is 0 Å². The number of rotatable bonds is 7. The van der Waals surface area contributed by atoms with Crippen molar-refractivity contribution < 1.29 is 19.1 Å². The van der Waals surface area contributed by atoms with Gasteiger partial charge >= 0.3 is 5.97 Å². The first-order valence-electron chi connectivity index (χ1n) is 6.51. The highest BCUT2D eigenvalue weighted by Gasteiger charge is 2.09. The van der Waals surface area contributed by atoms with E-state index in [1.807, 2.05) is 13.8 Å². The van der Waals surface area contributed by atoms with Gasteiger partial charge in [-0.15, -0.1) is 0 Å². The van der Waals surface area contributed by atoms with Gasteiger partial charge in [-0.05, 0) is 44.0 Å². The molecule has 4 nitrogen and oxygen atoms in total. The van der Waals surface area contributed by atoms with Crippen LogP contribution in [0.5, 0.6) is 5.75 Å². The number of Topliss-reactive ketones (excluding diaryl/α,β-unsaturated/α-hetero) is 1. The summed E-state index contributed by atoms with van der Waals surface area (Å²) in [6, 6.07) is 3.57. The molecule has 0 radical (unpaired) electrons. The zero-order valence-corrected chi connectivity index (χ0v) is 12.8. The largest absolute Gasteiger partial charge is 0.486 e. The zero-order chi connectivity index (χ0) is 15.1. The molecule has 1 rings (SSSR count). The highest BCUT2D eigenvalue weighted by molar-refractivity contribution is 6.32. The first-order valence-corrected chi connectivity index (χ1v) is 6.88. The fourth-order valence-corrected chi connectivity index (χ4v) is 1.81. The van der Waals surface area contributed by atoms with E-state index >= 15 is 0 Å². The minimum absolute atomic E-state index is 0.0556. The third kappa shape index (κ3) is 5.21. The first kappa shape index (κ1) is 16.5. The Morgan fingerprint density at radius 1 is 1.15 bits per heavy atom. The first-order chi connectivity index (χ1) is 9.43. The van der Waals surface area contributed by atoms with Gasteiger partial charge in [-0.2, -0.15) is 0 Å². The Morgan fingerprint density at radius 3 is 2.30 bits per heavy atom. The van der Waals surface area contributed by atoms with Gasteiger partial charge in [-0.3, -0.25) is 9.59 Å². The van der Waals surface area contributed by atoms with Gasteiger partial charge in [0.1, 0.15) is 12.4 Å². The minimum atomic E-state index is -0.362. The number of hydrogen-bond acceptors (Lipinski definition) is 4. The molecule has 0 heterocycles. The second-order valence-corrected chi connectivity index (χ2v) is 4.88. The van der Waals surface area contributed by atoms with Crippen molar-refractivity contribution in [3.8, 4) is 5.75 Å². The number of ketones is 1. The Bertz CT molecular complexity index is 474. The summed E-state index contributed by atoms with van der Waals surface area (Å²) in [5, 5.41) is 0.700. The second kappa shape index (κ2) is 7.90. The van der Waals surface area contributed by atoms with E-state index in [2.05, 4.69) is 0 Å². The van der Waals surface area contributed by atoms with Crippen LogP contribution in [0.4, 0.5) is 0 Å². The minimum Gasteiger partial charge on any atom is -0.486 e. The molecule has 5 heteroatoms. The van der Waals surface area contributed by atoms with Crippen LogP contribution in [0.3, 0.4) is 0 Å². The zero-order valence-electron chi connectivity index (χ0n) is 12.0. The lowest BCUT2D eigenvalue weighted by Gasteiger charge is -2.09. The van der Waals surface area contributed by atoms with Crippen molar-refractivity contribution in [1.29, 1.82) is 0 Å². The maximum atomic E-state index is 11.6. The fraction of sp³-hybridized carbons (Fsp3) is 0.467. The van der Waals surface area contributed by atoms with Crippen LogP contribution in [-0.2, 0) is 14.3 Å². The van der Waals surface area contributed by atoms with Gasteiger partial charge < -0.3 is 9.47 Å². The second-order valence-electron chi connectivity index (χ2n) is 4.50. The van der Waals surface area contributed by atoms with Gasteiger partial charge in [-0.1, -0.05) is 11.6 Å². The molecule has 1 aromatic rings. The number of esters is 1. The SMILES string of the molecule is CCOC(=O)CCC(=O)COc1cc(C)c(Cl)c(C)c1. The van der Waals surface area contributed by atoms with E-state index in [0.29, 0.717) is 17.4 Å². The van der Waals surface area contributed by atoms with Crippen molar-refractivity contribution in [2.45, 2.75) is 33.6 Å². The van der Waals surface area contributed by atoms with E-state index in [0.717, 1.165) is 11.1 Å². The van der Waals surface area contributed by atoms with E-state index in [-0.39, 0.29) is 31.2 Å². The van der Waals surface area contributed by atoms with Crippen LogP contribution in [0.2, 0.25) is 5.02 Å². The fourth-order valence-electron chi connectivity index (χ4n) is 1.70. The molecule has 0 aliphatic heterocycles. The lowest BCUT2D eigenvalue weighted by atomic mass is 10.1. The third-order valence-corrected chi connectivity index (χ3v) is 3.32. The number of carbonyl (C=O) groups excluding carboxylic acids is 2. The highest BCUT2D eigenvalue weighted by atomic mass is 35.5. The molecule has 0 aliphatic carbocycles. The number of benzene rings is 1. The van der Waals surface area contributed by atoms with Crippen molar-refractivity contribution in [2.24, 2.45) is 0 Å². The average molecular weight is 299 g/mol. The number of hydrogen-bond donors (Lipinski definition) is 0. The van der Waals surface area contributed by atoms with Gasteiger partial charge in [0.15, 0.2) is 5.78 Å². The summed E-state index contributed by atoms with van der Waals surface area (Å²) in [5.41, 5.74) is 1.81. The molecule has 110 valence electrons. The summed E-state index contributed by atoms with van der Waals surface area (Å²) in [4.78, 5) is 22.7.